The fraction of sp³-hybridized carbons (Fsp3) is 0.0952. The van der Waals surface area contributed by atoms with Crippen LogP contribution in [0.1, 0.15) is 11.8 Å². The highest BCUT2D eigenvalue weighted by Crippen LogP contribution is 2.30. The average Bonchev–Trinajstić information content (AvgIpc) is 3.33. The van der Waals surface area contributed by atoms with Gasteiger partial charge in [-0.05, 0) is 42.6 Å². The summed E-state index contributed by atoms with van der Waals surface area (Å²) in [5, 5.41) is 10.5. The van der Waals surface area contributed by atoms with Crippen molar-refractivity contribution in [1.82, 2.24) is 9.99 Å². The van der Waals surface area contributed by atoms with Gasteiger partial charge in [-0.1, -0.05) is 24.3 Å². The molecule has 2 heterocycles. The van der Waals surface area contributed by atoms with Crippen LogP contribution in [0, 0.1) is 0 Å². The number of hydrogen-bond acceptors (Lipinski definition) is 4. The Balaban J connectivity index is 1.53. The van der Waals surface area contributed by atoms with Crippen LogP contribution in [-0.4, -0.2) is 22.6 Å². The van der Waals surface area contributed by atoms with E-state index in [1.807, 2.05) is 41.8 Å². The summed E-state index contributed by atoms with van der Waals surface area (Å²) in [7, 11) is 0. The molecule has 28 heavy (non-hydrogen) atoms. The molecule has 0 aliphatic carbocycles. The summed E-state index contributed by atoms with van der Waals surface area (Å²) >= 11 is 1.49. The molecular weight excluding hydrogens is 372 g/mol. The van der Waals surface area contributed by atoms with Gasteiger partial charge in [-0.15, -0.1) is 11.3 Å². The summed E-state index contributed by atoms with van der Waals surface area (Å²) in [5.41, 5.74) is 5.04. The van der Waals surface area contributed by atoms with Crippen LogP contribution in [0.25, 0.3) is 21.8 Å². The average molecular weight is 390 g/mol. The number of hydrogen-bond donors (Lipinski definition) is 2. The molecular formula is C21H18N4O2S. The Hall–Kier alpha value is -3.45. The number of aromatic nitrogens is 1. The molecule has 0 radical (unpaired) electrons. The quantitative estimate of drug-likeness (QED) is 0.314. The second kappa shape index (κ2) is 7.66. The molecule has 2 aromatic heterocycles. The number of anilines is 1. The number of amides is 2. The van der Waals surface area contributed by atoms with Gasteiger partial charge in [0.15, 0.2) is 0 Å². The van der Waals surface area contributed by atoms with Gasteiger partial charge >= 0.3 is 11.8 Å². The van der Waals surface area contributed by atoms with Crippen molar-refractivity contribution < 1.29 is 9.59 Å². The predicted molar refractivity (Wildman–Crippen MR) is 114 cm³/mol. The van der Waals surface area contributed by atoms with E-state index < -0.39 is 11.8 Å². The molecule has 0 saturated carbocycles. The van der Waals surface area contributed by atoms with Crippen LogP contribution in [0.2, 0.25) is 0 Å². The van der Waals surface area contributed by atoms with Crippen LogP contribution in [0.3, 0.4) is 0 Å². The number of thiophene rings is 1. The normalized spacial score (nSPS) is 11.3. The monoisotopic (exact) mass is 390 g/mol. The topological polar surface area (TPSA) is 75.5 Å². The van der Waals surface area contributed by atoms with Crippen molar-refractivity contribution >= 4 is 56.9 Å². The summed E-state index contributed by atoms with van der Waals surface area (Å²) in [6.45, 7) is 2.95. The molecule has 0 atom stereocenters. The van der Waals surface area contributed by atoms with Crippen LogP contribution >= 0.6 is 11.3 Å². The van der Waals surface area contributed by atoms with Crippen molar-refractivity contribution in [3.63, 3.8) is 0 Å². The molecule has 2 aromatic carbocycles. The zero-order valence-electron chi connectivity index (χ0n) is 15.2. The van der Waals surface area contributed by atoms with Crippen molar-refractivity contribution in [1.29, 1.82) is 0 Å². The molecule has 2 N–H and O–H groups in total. The minimum atomic E-state index is -0.816. The summed E-state index contributed by atoms with van der Waals surface area (Å²) in [5.74, 6) is -1.58. The van der Waals surface area contributed by atoms with E-state index in [-0.39, 0.29) is 0 Å². The number of hydrazone groups is 1. The number of carbonyl (C=O) groups excluding carboxylic acids is 2. The second-order valence-corrected chi connectivity index (χ2v) is 7.14. The Morgan fingerprint density at radius 3 is 2.64 bits per heavy atom. The molecule has 0 saturated heterocycles. The third-order valence-corrected chi connectivity index (χ3v) is 5.26. The highest BCUT2D eigenvalue weighted by atomic mass is 32.1. The number of nitrogens with zero attached hydrogens (tertiary/aromatic N) is 2. The first kappa shape index (κ1) is 17.9. The Morgan fingerprint density at radius 2 is 1.86 bits per heavy atom. The molecule has 7 heteroatoms. The molecule has 6 nitrogen and oxygen atoms in total. The number of para-hydroxylation sites is 1. The summed E-state index contributed by atoms with van der Waals surface area (Å²) in [4.78, 5) is 25.0. The molecule has 0 aliphatic heterocycles. The van der Waals surface area contributed by atoms with Gasteiger partial charge in [0.25, 0.3) is 0 Å². The van der Waals surface area contributed by atoms with Crippen LogP contribution in [0.5, 0.6) is 0 Å². The van der Waals surface area contributed by atoms with E-state index in [9.17, 15) is 9.59 Å². The number of rotatable bonds is 4. The largest absolute Gasteiger partial charge is 0.341 e. The first-order valence-corrected chi connectivity index (χ1v) is 9.74. The Morgan fingerprint density at radius 1 is 1.04 bits per heavy atom. The lowest BCUT2D eigenvalue weighted by Gasteiger charge is -2.06. The van der Waals surface area contributed by atoms with Crippen molar-refractivity contribution in [2.24, 2.45) is 5.10 Å². The lowest BCUT2D eigenvalue weighted by molar-refractivity contribution is -0.136. The van der Waals surface area contributed by atoms with Crippen molar-refractivity contribution in [3.8, 4) is 0 Å². The van der Waals surface area contributed by atoms with E-state index in [1.54, 1.807) is 6.07 Å². The third kappa shape index (κ3) is 3.39. The minimum Gasteiger partial charge on any atom is -0.341 e. The predicted octanol–water partition coefficient (Wildman–Crippen LogP) is 3.96. The van der Waals surface area contributed by atoms with Crippen LogP contribution in [-0.2, 0) is 16.1 Å². The van der Waals surface area contributed by atoms with E-state index in [0.29, 0.717) is 5.69 Å². The van der Waals surface area contributed by atoms with E-state index in [4.69, 9.17) is 0 Å². The molecule has 0 spiro atoms. The van der Waals surface area contributed by atoms with Gasteiger partial charge in [0.05, 0.1) is 6.21 Å². The van der Waals surface area contributed by atoms with Gasteiger partial charge in [0.2, 0.25) is 0 Å². The van der Waals surface area contributed by atoms with Gasteiger partial charge in [-0.3, -0.25) is 9.59 Å². The standard InChI is InChI=1S/C21H18N4O2S/c1-2-25-18-8-4-3-7-16(18)17-12-14(9-10-19(17)25)23-20(26)21(27)24-22-13-15-6-5-11-28-15/h3-13H,2H2,1H3,(H,23,26)(H,24,27). The molecule has 0 unspecified atom stereocenters. The zero-order valence-corrected chi connectivity index (χ0v) is 16.0. The van der Waals surface area contributed by atoms with Crippen LogP contribution in [0.15, 0.2) is 65.1 Å². The first-order chi connectivity index (χ1) is 13.7. The maximum atomic E-state index is 12.2. The Bertz CT molecular complexity index is 1190. The SMILES string of the molecule is CCn1c2ccccc2c2cc(NC(=O)C(=O)NN=Cc3cccs3)ccc21. The molecule has 0 aliphatic rings. The zero-order chi connectivity index (χ0) is 19.5. The molecule has 4 aromatic rings. The second-order valence-electron chi connectivity index (χ2n) is 6.16. The Labute approximate surface area is 165 Å². The number of fused-ring (bicyclic) bond motifs is 3. The number of benzene rings is 2. The van der Waals surface area contributed by atoms with E-state index in [2.05, 4.69) is 39.5 Å². The van der Waals surface area contributed by atoms with Gasteiger partial charge in [0.1, 0.15) is 0 Å². The van der Waals surface area contributed by atoms with E-state index in [1.165, 1.54) is 17.6 Å². The lowest BCUT2D eigenvalue weighted by atomic mass is 10.1. The number of aryl methyl sites for hydroxylation is 1. The van der Waals surface area contributed by atoms with Gasteiger partial charge < -0.3 is 9.88 Å². The highest BCUT2D eigenvalue weighted by Gasteiger charge is 2.15. The van der Waals surface area contributed by atoms with Crippen molar-refractivity contribution in [3.05, 3.63) is 64.9 Å². The minimum absolute atomic E-state index is 0.564. The summed E-state index contributed by atoms with van der Waals surface area (Å²) < 4.78 is 2.22. The molecule has 140 valence electrons. The van der Waals surface area contributed by atoms with Crippen LogP contribution < -0.4 is 10.7 Å². The van der Waals surface area contributed by atoms with Gasteiger partial charge in [-0.25, -0.2) is 5.43 Å². The number of carbonyl (C=O) groups is 2. The van der Waals surface area contributed by atoms with Gasteiger partial charge in [-0.2, -0.15) is 5.10 Å². The van der Waals surface area contributed by atoms with Gasteiger partial charge in [0, 0.05) is 38.9 Å². The third-order valence-electron chi connectivity index (χ3n) is 4.45. The maximum absolute atomic E-state index is 12.2. The van der Waals surface area contributed by atoms with E-state index >= 15 is 0 Å². The first-order valence-electron chi connectivity index (χ1n) is 8.86. The maximum Gasteiger partial charge on any atom is 0.329 e. The number of nitrogens with one attached hydrogen (secondary N) is 2. The molecule has 0 fully saturated rings. The lowest BCUT2D eigenvalue weighted by Crippen LogP contribution is -2.32. The van der Waals surface area contributed by atoms with Crippen LogP contribution in [0.4, 0.5) is 5.69 Å². The fourth-order valence-corrected chi connectivity index (χ4v) is 3.81. The molecule has 2 amide bonds. The Kier molecular flexibility index (Phi) is 4.90. The smallest absolute Gasteiger partial charge is 0.329 e. The fourth-order valence-electron chi connectivity index (χ4n) is 3.23. The summed E-state index contributed by atoms with van der Waals surface area (Å²) in [6, 6.07) is 17.5. The van der Waals surface area contributed by atoms with E-state index in [0.717, 1.165) is 33.2 Å². The molecule has 4 rings (SSSR count). The molecule has 0 bridgehead atoms. The van der Waals surface area contributed by atoms with Crippen molar-refractivity contribution in [2.75, 3.05) is 5.32 Å². The summed E-state index contributed by atoms with van der Waals surface area (Å²) in [6.07, 6.45) is 1.50. The van der Waals surface area contributed by atoms with Crippen molar-refractivity contribution in [2.45, 2.75) is 13.5 Å². The highest BCUT2D eigenvalue weighted by molar-refractivity contribution is 7.11.